The first-order valence-corrected chi connectivity index (χ1v) is 28.7. The van der Waals surface area contributed by atoms with E-state index < -0.39 is 67.3 Å². The van der Waals surface area contributed by atoms with Crippen molar-refractivity contribution in [2.45, 2.75) is 314 Å². The predicted octanol–water partition coefficient (Wildman–Crippen LogP) is 14.1. The molecule has 6 unspecified atom stereocenters. The van der Waals surface area contributed by atoms with Crippen LogP contribution in [-0.4, -0.2) is 89.2 Å². The van der Waals surface area contributed by atoms with Gasteiger partial charge in [-0.2, -0.15) is 0 Å². The van der Waals surface area contributed by atoms with Crippen molar-refractivity contribution < 1.29 is 58.2 Å². The number of carbonyl (C=O) groups excluding carboxylic acids is 3. The summed E-state index contributed by atoms with van der Waals surface area (Å²) in [6, 6.07) is 0. The van der Waals surface area contributed by atoms with Gasteiger partial charge in [0.05, 0.1) is 6.61 Å². The standard InChI is InChI=1S/C57H104O12/c1-4-7-10-13-16-19-22-24-25-27-29-31-34-37-40-43-49(58)65-46-48(67-50(59)44-41-38-35-32-28-21-18-15-12-9-6-3)47-66-57-55(53(62)52(61)54(69-57)56(63)64)68-51(60)45-42-39-36-33-30-26-23-20-17-14-11-8-5-2/h15,18,48,52-55,57,61-62H,4-14,16-17,19-47H2,1-3H3,(H,63,64)/b18-15-. The lowest BCUT2D eigenvalue weighted by Gasteiger charge is -2.40. The Morgan fingerprint density at radius 2 is 0.841 bits per heavy atom. The van der Waals surface area contributed by atoms with Gasteiger partial charge in [0.15, 0.2) is 24.6 Å². The second kappa shape index (κ2) is 46.5. The first kappa shape index (κ1) is 64.5. The number of carboxylic acids is 1. The van der Waals surface area contributed by atoms with Gasteiger partial charge < -0.3 is 39.0 Å². The zero-order valence-electron chi connectivity index (χ0n) is 44.3. The van der Waals surface area contributed by atoms with Crippen LogP contribution < -0.4 is 0 Å². The Morgan fingerprint density at radius 1 is 0.464 bits per heavy atom. The van der Waals surface area contributed by atoms with Gasteiger partial charge in [0.2, 0.25) is 0 Å². The van der Waals surface area contributed by atoms with Gasteiger partial charge in [-0.3, -0.25) is 14.4 Å². The lowest BCUT2D eigenvalue weighted by molar-refractivity contribution is -0.301. The highest BCUT2D eigenvalue weighted by Crippen LogP contribution is 2.26. The number of carbonyl (C=O) groups is 4. The molecule has 6 atom stereocenters. The minimum absolute atomic E-state index is 0.0673. The van der Waals surface area contributed by atoms with Gasteiger partial charge >= 0.3 is 23.9 Å². The maximum atomic E-state index is 13.1. The molecule has 0 aromatic rings. The van der Waals surface area contributed by atoms with Crippen molar-refractivity contribution in [2.24, 2.45) is 0 Å². The Hall–Kier alpha value is -2.54. The summed E-state index contributed by atoms with van der Waals surface area (Å²) in [5.74, 6) is -3.10. The van der Waals surface area contributed by atoms with E-state index in [1.807, 2.05) is 0 Å². The zero-order valence-corrected chi connectivity index (χ0v) is 44.3. The molecule has 1 rings (SSSR count). The number of hydrogen-bond acceptors (Lipinski definition) is 11. The summed E-state index contributed by atoms with van der Waals surface area (Å²) in [5, 5.41) is 31.4. The van der Waals surface area contributed by atoms with Crippen LogP contribution in [0.4, 0.5) is 0 Å². The third-order valence-corrected chi connectivity index (χ3v) is 13.3. The van der Waals surface area contributed by atoms with E-state index in [4.69, 9.17) is 23.7 Å². The van der Waals surface area contributed by atoms with Crippen LogP contribution >= 0.6 is 0 Å². The molecule has 404 valence electrons. The third-order valence-electron chi connectivity index (χ3n) is 13.3. The van der Waals surface area contributed by atoms with Gasteiger partial charge in [-0.1, -0.05) is 232 Å². The quantitative estimate of drug-likeness (QED) is 0.0228. The van der Waals surface area contributed by atoms with E-state index in [-0.39, 0.29) is 25.9 Å². The predicted molar refractivity (Wildman–Crippen MR) is 276 cm³/mol. The number of esters is 3. The number of aliphatic hydroxyl groups is 2. The van der Waals surface area contributed by atoms with Crippen molar-refractivity contribution in [2.75, 3.05) is 13.2 Å². The van der Waals surface area contributed by atoms with Crippen LogP contribution in [0.5, 0.6) is 0 Å². The van der Waals surface area contributed by atoms with E-state index in [2.05, 4.69) is 32.9 Å². The number of aliphatic carboxylic acids is 1. The lowest BCUT2D eigenvalue weighted by Crippen LogP contribution is -2.61. The first-order valence-electron chi connectivity index (χ1n) is 28.7. The Balaban J connectivity index is 2.68. The molecule has 1 saturated heterocycles. The normalized spacial score (nSPS) is 18.7. The van der Waals surface area contributed by atoms with Gasteiger partial charge in [-0.05, 0) is 38.5 Å². The Morgan fingerprint density at radius 3 is 1.28 bits per heavy atom. The van der Waals surface area contributed by atoms with Crippen LogP contribution in [0, 0.1) is 0 Å². The van der Waals surface area contributed by atoms with Crippen molar-refractivity contribution in [3.63, 3.8) is 0 Å². The number of unbranched alkanes of at least 4 members (excludes halogenated alkanes) is 33. The van der Waals surface area contributed by atoms with Gasteiger partial charge in [-0.15, -0.1) is 0 Å². The van der Waals surface area contributed by atoms with Gasteiger partial charge in [0, 0.05) is 19.3 Å². The van der Waals surface area contributed by atoms with Crippen LogP contribution in [0.1, 0.15) is 278 Å². The summed E-state index contributed by atoms with van der Waals surface area (Å²) >= 11 is 0. The fraction of sp³-hybridized carbons (Fsp3) is 0.895. The number of allylic oxidation sites excluding steroid dienone is 2. The Kier molecular flexibility index (Phi) is 43.5. The van der Waals surface area contributed by atoms with Crippen LogP contribution in [0.3, 0.4) is 0 Å². The second-order valence-corrected chi connectivity index (χ2v) is 19.9. The highest BCUT2D eigenvalue weighted by molar-refractivity contribution is 5.74. The molecular weight excluding hydrogens is 877 g/mol. The third kappa shape index (κ3) is 37.0. The number of aliphatic hydroxyl groups excluding tert-OH is 2. The Labute approximate surface area is 420 Å². The van der Waals surface area contributed by atoms with Crippen molar-refractivity contribution in [3.05, 3.63) is 12.2 Å². The molecule has 1 fully saturated rings. The van der Waals surface area contributed by atoms with E-state index in [0.717, 1.165) is 77.0 Å². The SMILES string of the molecule is CCCC/C=C\CCCCCCCC(=O)OC(COC(=O)CCCCCCCCCCCCCCCCC)COC1OC(C(=O)O)C(O)C(O)C1OC(=O)CCCCCCCCCCCCCCC. The Bertz CT molecular complexity index is 1260. The highest BCUT2D eigenvalue weighted by Gasteiger charge is 2.50. The summed E-state index contributed by atoms with van der Waals surface area (Å²) < 4.78 is 28.4. The van der Waals surface area contributed by atoms with E-state index in [1.165, 1.54) is 141 Å². The van der Waals surface area contributed by atoms with Crippen LogP contribution in [0.2, 0.25) is 0 Å². The van der Waals surface area contributed by atoms with Gasteiger partial charge in [0.25, 0.3) is 0 Å². The molecule has 0 aliphatic carbocycles. The van der Waals surface area contributed by atoms with Crippen LogP contribution in [-0.2, 0) is 42.9 Å². The van der Waals surface area contributed by atoms with Crippen molar-refractivity contribution in [1.82, 2.24) is 0 Å². The van der Waals surface area contributed by atoms with Crippen molar-refractivity contribution in [3.8, 4) is 0 Å². The molecule has 1 heterocycles. The molecule has 0 aromatic carbocycles. The maximum Gasteiger partial charge on any atom is 0.335 e. The summed E-state index contributed by atoms with van der Waals surface area (Å²) in [5.41, 5.74) is 0. The first-order chi connectivity index (χ1) is 33.6. The molecule has 3 N–H and O–H groups in total. The largest absolute Gasteiger partial charge is 0.479 e. The minimum Gasteiger partial charge on any atom is -0.479 e. The van der Waals surface area contributed by atoms with E-state index in [9.17, 15) is 34.5 Å². The average Bonchev–Trinajstić information content (AvgIpc) is 3.33. The maximum absolute atomic E-state index is 13.1. The molecule has 0 amide bonds. The summed E-state index contributed by atoms with van der Waals surface area (Å²) in [7, 11) is 0. The molecule has 0 spiro atoms. The molecule has 0 saturated carbocycles. The lowest BCUT2D eigenvalue weighted by atomic mass is 9.98. The molecule has 0 radical (unpaired) electrons. The topological polar surface area (TPSA) is 175 Å². The number of ether oxygens (including phenoxy) is 5. The molecule has 0 bridgehead atoms. The summed E-state index contributed by atoms with van der Waals surface area (Å²) in [4.78, 5) is 50.9. The number of hydrogen-bond donors (Lipinski definition) is 3. The minimum atomic E-state index is -1.90. The fourth-order valence-electron chi connectivity index (χ4n) is 8.88. The second-order valence-electron chi connectivity index (χ2n) is 19.9. The summed E-state index contributed by atoms with van der Waals surface area (Å²) in [6.07, 6.45) is 37.6. The van der Waals surface area contributed by atoms with Crippen molar-refractivity contribution >= 4 is 23.9 Å². The smallest absolute Gasteiger partial charge is 0.335 e. The molecule has 1 aliphatic rings. The fourth-order valence-corrected chi connectivity index (χ4v) is 8.88. The molecular formula is C57H104O12. The van der Waals surface area contributed by atoms with E-state index in [0.29, 0.717) is 19.3 Å². The molecule has 1 aliphatic heterocycles. The zero-order chi connectivity index (χ0) is 50.4. The molecule has 12 heteroatoms. The monoisotopic (exact) mass is 981 g/mol. The average molecular weight is 981 g/mol. The molecule has 0 aromatic heterocycles. The highest BCUT2D eigenvalue weighted by atomic mass is 16.7. The van der Waals surface area contributed by atoms with E-state index in [1.54, 1.807) is 0 Å². The van der Waals surface area contributed by atoms with Gasteiger partial charge in [0.1, 0.15) is 18.8 Å². The van der Waals surface area contributed by atoms with Gasteiger partial charge in [-0.25, -0.2) is 4.79 Å². The van der Waals surface area contributed by atoms with Crippen LogP contribution in [0.15, 0.2) is 12.2 Å². The number of rotatable bonds is 49. The molecule has 12 nitrogen and oxygen atoms in total. The van der Waals surface area contributed by atoms with E-state index >= 15 is 0 Å². The van der Waals surface area contributed by atoms with Crippen LogP contribution in [0.25, 0.3) is 0 Å². The summed E-state index contributed by atoms with van der Waals surface area (Å²) in [6.45, 7) is 5.96. The number of carboxylic acid groups (broad SMARTS) is 1. The van der Waals surface area contributed by atoms with Crippen molar-refractivity contribution in [1.29, 1.82) is 0 Å². The molecule has 69 heavy (non-hydrogen) atoms.